The van der Waals surface area contributed by atoms with Crippen LogP contribution in [-0.4, -0.2) is 33.3 Å². The van der Waals surface area contributed by atoms with E-state index in [2.05, 4.69) is 58.0 Å². The number of nitrogens with zero attached hydrogens (tertiary/aromatic N) is 3. The summed E-state index contributed by atoms with van der Waals surface area (Å²) in [6.07, 6.45) is 0. The van der Waals surface area contributed by atoms with Crippen LogP contribution in [0.3, 0.4) is 0 Å². The van der Waals surface area contributed by atoms with Crippen molar-refractivity contribution in [3.63, 3.8) is 0 Å². The SMILES string of the molecule is CC1(C)OB(c2ccc(-c3nc(-c4ccccc4)nc(-c4ccccc4)n3)c(-c3ccccc3)c2)OC1(C)C. The number of hydrogen-bond donors (Lipinski definition) is 0. The van der Waals surface area contributed by atoms with Crippen molar-refractivity contribution < 1.29 is 9.31 Å². The van der Waals surface area contributed by atoms with Crippen molar-refractivity contribution in [2.24, 2.45) is 0 Å². The minimum absolute atomic E-state index is 0.424. The minimum Gasteiger partial charge on any atom is -0.399 e. The van der Waals surface area contributed by atoms with Crippen LogP contribution < -0.4 is 5.46 Å². The van der Waals surface area contributed by atoms with Gasteiger partial charge in [-0.15, -0.1) is 0 Å². The first-order valence-electron chi connectivity index (χ1n) is 13.2. The molecule has 5 nitrogen and oxygen atoms in total. The Morgan fingerprint density at radius 3 is 1.41 bits per heavy atom. The van der Waals surface area contributed by atoms with E-state index in [-0.39, 0.29) is 0 Å². The van der Waals surface area contributed by atoms with Gasteiger partial charge in [0.25, 0.3) is 0 Å². The van der Waals surface area contributed by atoms with Gasteiger partial charge in [0.15, 0.2) is 17.5 Å². The third-order valence-corrected chi connectivity index (χ3v) is 7.59. The summed E-state index contributed by atoms with van der Waals surface area (Å²) in [4.78, 5) is 14.8. The summed E-state index contributed by atoms with van der Waals surface area (Å²) in [6.45, 7) is 8.28. The number of hydrogen-bond acceptors (Lipinski definition) is 5. The molecule has 0 aliphatic carbocycles. The second-order valence-corrected chi connectivity index (χ2v) is 10.8. The molecule has 0 amide bonds. The van der Waals surface area contributed by atoms with E-state index >= 15 is 0 Å². The van der Waals surface area contributed by atoms with Crippen molar-refractivity contribution in [1.82, 2.24) is 15.0 Å². The van der Waals surface area contributed by atoms with Gasteiger partial charge in [-0.25, -0.2) is 15.0 Å². The highest BCUT2D eigenvalue weighted by Gasteiger charge is 2.51. The van der Waals surface area contributed by atoms with Crippen LogP contribution in [0.15, 0.2) is 109 Å². The van der Waals surface area contributed by atoms with E-state index in [0.717, 1.165) is 33.3 Å². The van der Waals surface area contributed by atoms with Gasteiger partial charge in [0.2, 0.25) is 0 Å². The highest BCUT2D eigenvalue weighted by atomic mass is 16.7. The van der Waals surface area contributed by atoms with E-state index in [0.29, 0.717) is 17.5 Å². The molecule has 6 heteroatoms. The first-order valence-corrected chi connectivity index (χ1v) is 13.2. The molecule has 0 unspecified atom stereocenters. The molecule has 1 aromatic heterocycles. The fourth-order valence-electron chi connectivity index (χ4n) is 4.67. The van der Waals surface area contributed by atoms with E-state index in [9.17, 15) is 0 Å². The lowest BCUT2D eigenvalue weighted by Crippen LogP contribution is -2.41. The molecule has 0 N–H and O–H groups in total. The molecule has 1 aliphatic heterocycles. The lowest BCUT2D eigenvalue weighted by atomic mass is 9.77. The molecular formula is C33H30BN3O2. The Hall–Kier alpha value is -4.13. The second-order valence-electron chi connectivity index (χ2n) is 10.8. The molecular weight excluding hydrogens is 481 g/mol. The molecule has 6 rings (SSSR count). The number of rotatable bonds is 5. The van der Waals surface area contributed by atoms with Crippen LogP contribution in [0.25, 0.3) is 45.3 Å². The monoisotopic (exact) mass is 511 g/mol. The molecule has 0 saturated carbocycles. The average Bonchev–Trinajstić information content (AvgIpc) is 3.20. The van der Waals surface area contributed by atoms with E-state index in [1.807, 2.05) is 78.9 Å². The van der Waals surface area contributed by atoms with Crippen LogP contribution >= 0.6 is 0 Å². The molecule has 1 fully saturated rings. The Bertz CT molecular complexity index is 1530. The summed E-state index contributed by atoms with van der Waals surface area (Å²) in [5.74, 6) is 1.88. The maximum absolute atomic E-state index is 6.38. The molecule has 5 aromatic rings. The zero-order valence-electron chi connectivity index (χ0n) is 22.6. The van der Waals surface area contributed by atoms with Gasteiger partial charge in [-0.3, -0.25) is 0 Å². The fraction of sp³-hybridized carbons (Fsp3) is 0.182. The van der Waals surface area contributed by atoms with Crippen LogP contribution in [0.5, 0.6) is 0 Å². The van der Waals surface area contributed by atoms with Gasteiger partial charge in [-0.05, 0) is 44.3 Å². The molecule has 2 heterocycles. The topological polar surface area (TPSA) is 57.1 Å². The second kappa shape index (κ2) is 9.88. The summed E-state index contributed by atoms with van der Waals surface area (Å²) in [5, 5.41) is 0. The first-order chi connectivity index (χ1) is 18.8. The summed E-state index contributed by atoms with van der Waals surface area (Å²) in [5.41, 5.74) is 4.97. The van der Waals surface area contributed by atoms with Crippen LogP contribution in [0.4, 0.5) is 0 Å². The predicted octanol–water partition coefficient (Wildman–Crippen LogP) is 6.84. The van der Waals surface area contributed by atoms with E-state index in [1.54, 1.807) is 0 Å². The molecule has 0 radical (unpaired) electrons. The highest BCUT2D eigenvalue weighted by molar-refractivity contribution is 6.62. The summed E-state index contributed by atoms with van der Waals surface area (Å²) >= 11 is 0. The maximum atomic E-state index is 6.38. The highest BCUT2D eigenvalue weighted by Crippen LogP contribution is 2.38. The Kier molecular flexibility index (Phi) is 6.38. The Balaban J connectivity index is 1.53. The van der Waals surface area contributed by atoms with Crippen molar-refractivity contribution in [2.75, 3.05) is 0 Å². The molecule has 192 valence electrons. The Morgan fingerprint density at radius 1 is 0.487 bits per heavy atom. The van der Waals surface area contributed by atoms with Gasteiger partial charge in [-0.1, -0.05) is 109 Å². The fourth-order valence-corrected chi connectivity index (χ4v) is 4.67. The molecule has 4 aromatic carbocycles. The van der Waals surface area contributed by atoms with Crippen LogP contribution in [0, 0.1) is 0 Å². The third-order valence-electron chi connectivity index (χ3n) is 7.59. The van der Waals surface area contributed by atoms with Crippen molar-refractivity contribution in [2.45, 2.75) is 38.9 Å². The normalized spacial score (nSPS) is 15.8. The molecule has 0 bridgehead atoms. The standard InChI is InChI=1S/C33H30BN3O2/c1-32(2)33(3,4)39-34(38-32)26-20-21-27(28(22-26)23-14-8-5-9-15-23)31-36-29(24-16-10-6-11-17-24)35-30(37-31)25-18-12-7-13-19-25/h5-22H,1-4H3. The van der Waals surface area contributed by atoms with Crippen molar-refractivity contribution in [3.8, 4) is 45.3 Å². The van der Waals surface area contributed by atoms with Crippen LogP contribution in [0.1, 0.15) is 27.7 Å². The molecule has 0 spiro atoms. The van der Waals surface area contributed by atoms with Gasteiger partial charge in [0, 0.05) is 16.7 Å². The van der Waals surface area contributed by atoms with Crippen molar-refractivity contribution in [1.29, 1.82) is 0 Å². The van der Waals surface area contributed by atoms with E-state index in [4.69, 9.17) is 24.3 Å². The summed E-state index contributed by atoms with van der Waals surface area (Å²) < 4.78 is 12.8. The quantitative estimate of drug-likeness (QED) is 0.242. The summed E-state index contributed by atoms with van der Waals surface area (Å²) in [6, 6.07) is 36.6. The molecule has 39 heavy (non-hydrogen) atoms. The number of aromatic nitrogens is 3. The maximum Gasteiger partial charge on any atom is 0.494 e. The lowest BCUT2D eigenvalue weighted by molar-refractivity contribution is 0.00578. The number of benzene rings is 4. The third kappa shape index (κ3) is 4.89. The van der Waals surface area contributed by atoms with Gasteiger partial charge in [0.05, 0.1) is 11.2 Å². The zero-order valence-corrected chi connectivity index (χ0v) is 22.6. The molecule has 0 atom stereocenters. The van der Waals surface area contributed by atoms with Crippen molar-refractivity contribution >= 4 is 12.6 Å². The van der Waals surface area contributed by atoms with Gasteiger partial charge >= 0.3 is 7.12 Å². The lowest BCUT2D eigenvalue weighted by Gasteiger charge is -2.32. The van der Waals surface area contributed by atoms with E-state index < -0.39 is 18.3 Å². The Labute approximate surface area is 230 Å². The van der Waals surface area contributed by atoms with E-state index in [1.165, 1.54) is 0 Å². The van der Waals surface area contributed by atoms with Gasteiger partial charge in [0.1, 0.15) is 0 Å². The summed E-state index contributed by atoms with van der Waals surface area (Å²) in [7, 11) is -0.468. The van der Waals surface area contributed by atoms with Crippen molar-refractivity contribution in [3.05, 3.63) is 109 Å². The zero-order chi connectivity index (χ0) is 27.0. The minimum atomic E-state index is -0.468. The first kappa shape index (κ1) is 25.2. The van der Waals surface area contributed by atoms with Gasteiger partial charge < -0.3 is 9.31 Å². The van der Waals surface area contributed by atoms with Crippen LogP contribution in [0.2, 0.25) is 0 Å². The molecule has 1 saturated heterocycles. The largest absolute Gasteiger partial charge is 0.494 e. The van der Waals surface area contributed by atoms with Gasteiger partial charge in [-0.2, -0.15) is 0 Å². The predicted molar refractivity (Wildman–Crippen MR) is 157 cm³/mol. The molecule has 1 aliphatic rings. The van der Waals surface area contributed by atoms with Crippen LogP contribution in [-0.2, 0) is 9.31 Å². The smallest absolute Gasteiger partial charge is 0.399 e. The Morgan fingerprint density at radius 2 is 0.923 bits per heavy atom. The average molecular weight is 511 g/mol.